The minimum Gasteiger partial charge on any atom is -0.380 e. The number of piperidine rings is 1. The van der Waals surface area contributed by atoms with E-state index >= 15 is 0 Å². The summed E-state index contributed by atoms with van der Waals surface area (Å²) in [4.78, 5) is 19.8. The predicted molar refractivity (Wildman–Crippen MR) is 134 cm³/mol. The summed E-state index contributed by atoms with van der Waals surface area (Å²) < 4.78 is 57.6. The smallest absolute Gasteiger partial charge is 0.380 e. The van der Waals surface area contributed by atoms with Crippen molar-refractivity contribution in [3.63, 3.8) is 0 Å². The number of pyridine rings is 1. The lowest BCUT2D eigenvalue weighted by Crippen LogP contribution is -2.66. The second-order valence-electron chi connectivity index (χ2n) is 12.0. The Morgan fingerprint density at radius 2 is 1.95 bits per heavy atom. The molecule has 3 aromatic rings. The van der Waals surface area contributed by atoms with Crippen molar-refractivity contribution in [2.75, 3.05) is 5.32 Å². The summed E-state index contributed by atoms with van der Waals surface area (Å²) in [5.41, 5.74) is -3.50. The Morgan fingerprint density at radius 1 is 1.21 bits per heavy atom. The van der Waals surface area contributed by atoms with Gasteiger partial charge in [0.1, 0.15) is 11.4 Å². The summed E-state index contributed by atoms with van der Waals surface area (Å²) in [6.07, 6.45) is 1.97. The summed E-state index contributed by atoms with van der Waals surface area (Å²) in [6, 6.07) is 0.493. The second-order valence-corrected chi connectivity index (χ2v) is 12.0. The van der Waals surface area contributed by atoms with Crippen LogP contribution in [0.3, 0.4) is 0 Å². The zero-order valence-electron chi connectivity index (χ0n) is 21.7. The van der Waals surface area contributed by atoms with Gasteiger partial charge < -0.3 is 15.3 Å². The van der Waals surface area contributed by atoms with E-state index in [1.165, 1.54) is 20.0 Å². The molecule has 1 spiro atoms. The molecule has 3 N–H and O–H groups in total. The van der Waals surface area contributed by atoms with Crippen LogP contribution in [-0.4, -0.2) is 70.0 Å². The van der Waals surface area contributed by atoms with Gasteiger partial charge in [-0.15, -0.1) is 0 Å². The third kappa shape index (κ3) is 4.53. The molecule has 1 aliphatic heterocycles. The molecular weight excluding hydrogens is 518 g/mol. The molecule has 3 fully saturated rings. The Labute approximate surface area is 222 Å². The molecule has 0 aromatic carbocycles. The van der Waals surface area contributed by atoms with E-state index < -0.39 is 47.9 Å². The van der Waals surface area contributed by atoms with Gasteiger partial charge in [0.25, 0.3) is 0 Å². The number of amides is 2. The number of nitrogens with zero attached hydrogens (tertiary/aromatic N) is 5. The summed E-state index contributed by atoms with van der Waals surface area (Å²) in [7, 11) is 0. The molecule has 3 aliphatic rings. The van der Waals surface area contributed by atoms with Crippen LogP contribution in [0.4, 0.5) is 28.0 Å². The zero-order valence-corrected chi connectivity index (χ0v) is 21.7. The molecule has 9 nitrogen and oxygen atoms in total. The monoisotopic (exact) mass is 549 g/mol. The number of aromatic nitrogens is 5. The number of aromatic amines is 1. The van der Waals surface area contributed by atoms with E-state index in [0.717, 1.165) is 24.6 Å². The number of fused-ring (bicyclic) bond motifs is 1. The average Bonchev–Trinajstić information content (AvgIpc) is 3.20. The molecule has 39 heavy (non-hydrogen) atoms. The van der Waals surface area contributed by atoms with E-state index in [-0.39, 0.29) is 12.5 Å². The van der Waals surface area contributed by atoms with Crippen LogP contribution in [0.2, 0.25) is 0 Å². The number of hydrogen-bond acceptors (Lipinski definition) is 5. The van der Waals surface area contributed by atoms with E-state index in [2.05, 4.69) is 25.6 Å². The van der Waals surface area contributed by atoms with E-state index in [1.807, 2.05) is 0 Å². The fourth-order valence-electron chi connectivity index (χ4n) is 6.18. The summed E-state index contributed by atoms with van der Waals surface area (Å²) in [5.74, 6) is -0.0877. The van der Waals surface area contributed by atoms with E-state index in [9.17, 15) is 27.5 Å². The Kier molecular flexibility index (Phi) is 5.76. The highest BCUT2D eigenvalue weighted by Crippen LogP contribution is 2.59. The fraction of sp³-hybridized carbons (Fsp3) is 0.615. The number of nitrogens with one attached hydrogen (secondary N) is 2. The quantitative estimate of drug-likeness (QED) is 0.379. The third-order valence-corrected chi connectivity index (χ3v) is 8.47. The van der Waals surface area contributed by atoms with Gasteiger partial charge >= 0.3 is 12.2 Å². The number of carbonyl (C=O) groups excluding carboxylic acids is 1. The van der Waals surface area contributed by atoms with Gasteiger partial charge in [-0.1, -0.05) is 6.42 Å². The molecule has 2 atom stereocenters. The predicted octanol–water partition coefficient (Wildman–Crippen LogP) is 5.19. The SMILES string of the molecule is CC(C)(F)Cn1ncc2cnc(-c3[nH]ncc3NC(=O)N3C(C4CCC4)CC(O)(C(F)(F)F)CC34CC4)cc21. The van der Waals surface area contributed by atoms with Crippen molar-refractivity contribution in [3.8, 4) is 11.4 Å². The number of alkyl halides is 4. The molecule has 1 saturated heterocycles. The number of H-pyrrole nitrogens is 1. The van der Waals surface area contributed by atoms with Crippen LogP contribution in [0.15, 0.2) is 24.7 Å². The fourth-order valence-corrected chi connectivity index (χ4v) is 6.18. The first-order chi connectivity index (χ1) is 18.3. The summed E-state index contributed by atoms with van der Waals surface area (Å²) in [5, 5.41) is 25.4. The highest BCUT2D eigenvalue weighted by molar-refractivity contribution is 5.94. The van der Waals surface area contributed by atoms with Crippen molar-refractivity contribution in [1.82, 2.24) is 29.9 Å². The van der Waals surface area contributed by atoms with Crippen LogP contribution >= 0.6 is 0 Å². The first-order valence-corrected chi connectivity index (χ1v) is 13.2. The molecule has 2 saturated carbocycles. The van der Waals surface area contributed by atoms with Crippen LogP contribution in [0, 0.1) is 5.92 Å². The maximum Gasteiger partial charge on any atom is 0.417 e. The lowest BCUT2D eigenvalue weighted by atomic mass is 9.70. The van der Waals surface area contributed by atoms with Crippen LogP contribution < -0.4 is 5.32 Å². The van der Waals surface area contributed by atoms with Crippen LogP contribution in [0.25, 0.3) is 22.3 Å². The average molecular weight is 550 g/mol. The van der Waals surface area contributed by atoms with Crippen molar-refractivity contribution < 1.29 is 27.5 Å². The number of hydrogen-bond donors (Lipinski definition) is 3. The number of anilines is 1. The molecule has 6 rings (SSSR count). The molecule has 0 bridgehead atoms. The number of rotatable bonds is 5. The second kappa shape index (κ2) is 8.64. The van der Waals surface area contributed by atoms with E-state index in [1.54, 1.807) is 28.0 Å². The number of carbonyl (C=O) groups is 1. The highest BCUT2D eigenvalue weighted by atomic mass is 19.4. The van der Waals surface area contributed by atoms with Gasteiger partial charge in [0.15, 0.2) is 5.60 Å². The third-order valence-electron chi connectivity index (χ3n) is 8.47. The Bertz CT molecular complexity index is 1400. The molecule has 2 aliphatic carbocycles. The van der Waals surface area contributed by atoms with E-state index in [4.69, 9.17) is 0 Å². The number of halogens is 4. The van der Waals surface area contributed by atoms with Gasteiger partial charge in [0.2, 0.25) is 0 Å². The molecule has 3 aromatic heterocycles. The Hall–Kier alpha value is -3.22. The zero-order chi connectivity index (χ0) is 27.8. The number of likely N-dealkylation sites (tertiary alicyclic amines) is 1. The Morgan fingerprint density at radius 3 is 2.56 bits per heavy atom. The molecule has 2 amide bonds. The molecule has 0 radical (unpaired) electrons. The molecular formula is C26H31F4N7O2. The van der Waals surface area contributed by atoms with Gasteiger partial charge in [0, 0.05) is 36.0 Å². The number of urea groups is 1. The minimum absolute atomic E-state index is 0.0381. The standard InChI is InChI=1S/C26H31F4N7O2/c1-23(2,27)14-36-19-8-17(31-10-16(19)11-33-36)21-18(12-32-35-21)34-22(38)37-20(15-4-3-5-15)9-25(39,26(28,29)30)13-24(37)6-7-24/h8,10-12,15,20,39H,3-7,9,13-14H2,1-2H3,(H,32,35)(H,34,38). The normalized spacial score (nSPS) is 25.2. The molecule has 13 heteroatoms. The Balaban J connectivity index is 1.29. The van der Waals surface area contributed by atoms with E-state index in [0.29, 0.717) is 35.4 Å². The lowest BCUT2D eigenvalue weighted by Gasteiger charge is -2.53. The van der Waals surface area contributed by atoms with Crippen molar-refractivity contribution in [2.24, 2.45) is 5.92 Å². The summed E-state index contributed by atoms with van der Waals surface area (Å²) in [6.45, 7) is 2.96. The number of aliphatic hydroxyl groups is 1. The topological polar surface area (TPSA) is 112 Å². The first-order valence-electron chi connectivity index (χ1n) is 13.2. The molecule has 210 valence electrons. The van der Waals surface area contributed by atoms with Crippen LogP contribution in [0.1, 0.15) is 58.8 Å². The maximum absolute atomic E-state index is 14.3. The van der Waals surface area contributed by atoms with Crippen molar-refractivity contribution in [2.45, 2.75) is 94.4 Å². The molecule has 4 heterocycles. The van der Waals surface area contributed by atoms with Gasteiger partial charge in [-0.2, -0.15) is 23.4 Å². The van der Waals surface area contributed by atoms with Crippen molar-refractivity contribution in [1.29, 1.82) is 0 Å². The van der Waals surface area contributed by atoms with Gasteiger partial charge in [0.05, 0.1) is 35.8 Å². The largest absolute Gasteiger partial charge is 0.417 e. The molecule has 2 unspecified atom stereocenters. The van der Waals surface area contributed by atoms with Crippen molar-refractivity contribution >= 4 is 22.6 Å². The maximum atomic E-state index is 14.3. The van der Waals surface area contributed by atoms with Gasteiger partial charge in [-0.25, -0.2) is 9.18 Å². The highest BCUT2D eigenvalue weighted by Gasteiger charge is 2.68. The lowest BCUT2D eigenvalue weighted by molar-refractivity contribution is -0.285. The van der Waals surface area contributed by atoms with Gasteiger partial charge in [-0.05, 0) is 51.5 Å². The van der Waals surface area contributed by atoms with Crippen LogP contribution in [-0.2, 0) is 6.54 Å². The minimum atomic E-state index is -4.76. The van der Waals surface area contributed by atoms with Gasteiger partial charge in [-0.3, -0.25) is 14.8 Å². The first kappa shape index (κ1) is 26.0. The van der Waals surface area contributed by atoms with Crippen molar-refractivity contribution in [3.05, 3.63) is 24.7 Å². The van der Waals surface area contributed by atoms with Crippen LogP contribution in [0.5, 0.6) is 0 Å². The summed E-state index contributed by atoms with van der Waals surface area (Å²) >= 11 is 0.